The predicted molar refractivity (Wildman–Crippen MR) is 43.4 cm³/mol. The summed E-state index contributed by atoms with van der Waals surface area (Å²) in [4.78, 5) is 2.16. The van der Waals surface area contributed by atoms with Crippen LogP contribution in [0.1, 0.15) is 19.8 Å². The van der Waals surface area contributed by atoms with Gasteiger partial charge in [-0.2, -0.15) is 0 Å². The minimum Gasteiger partial charge on any atom is -0.395 e. The molecule has 1 unspecified atom stereocenters. The minimum atomic E-state index is -0.276. The van der Waals surface area contributed by atoms with E-state index in [1.54, 1.807) is 6.92 Å². The highest BCUT2D eigenvalue weighted by Crippen LogP contribution is 2.16. The van der Waals surface area contributed by atoms with Crippen molar-refractivity contribution in [1.29, 1.82) is 0 Å². The Morgan fingerprint density at radius 2 is 2.36 bits per heavy atom. The summed E-state index contributed by atoms with van der Waals surface area (Å²) in [6.07, 6.45) is 1.95. The highest BCUT2D eigenvalue weighted by Gasteiger charge is 2.23. The van der Waals surface area contributed by atoms with Crippen molar-refractivity contribution in [3.63, 3.8) is 0 Å². The third-order valence-electron chi connectivity index (χ3n) is 2.21. The highest BCUT2D eigenvalue weighted by molar-refractivity contribution is 4.79. The van der Waals surface area contributed by atoms with Gasteiger partial charge in [0.15, 0.2) is 0 Å². The number of likely N-dealkylation sites (tertiary alicyclic amines) is 1. The van der Waals surface area contributed by atoms with E-state index in [2.05, 4.69) is 4.90 Å². The largest absolute Gasteiger partial charge is 0.395 e. The average molecular weight is 159 g/mol. The summed E-state index contributed by atoms with van der Waals surface area (Å²) in [6, 6.07) is 0.296. The normalized spacial score (nSPS) is 29.2. The first-order chi connectivity index (χ1) is 5.24. The van der Waals surface area contributed by atoms with Gasteiger partial charge >= 0.3 is 0 Å². The van der Waals surface area contributed by atoms with E-state index in [4.69, 9.17) is 10.2 Å². The molecule has 0 spiro atoms. The van der Waals surface area contributed by atoms with E-state index in [9.17, 15) is 0 Å². The molecule has 0 saturated carbocycles. The van der Waals surface area contributed by atoms with Crippen molar-refractivity contribution >= 4 is 0 Å². The van der Waals surface area contributed by atoms with Gasteiger partial charge < -0.3 is 10.2 Å². The van der Waals surface area contributed by atoms with Crippen molar-refractivity contribution in [3.05, 3.63) is 0 Å². The first-order valence-corrected chi connectivity index (χ1v) is 4.27. The van der Waals surface area contributed by atoms with Crippen LogP contribution in [-0.4, -0.2) is 47.0 Å². The Bertz CT molecular complexity index is 117. The number of β-amino-alcohol motifs (C(OH)–C–C–N with tert-alkyl or cyclic N) is 1. The van der Waals surface area contributed by atoms with Crippen molar-refractivity contribution < 1.29 is 10.2 Å². The minimum absolute atomic E-state index is 0.229. The van der Waals surface area contributed by atoms with Crippen molar-refractivity contribution in [1.82, 2.24) is 4.90 Å². The number of aliphatic hydroxyl groups is 2. The first-order valence-electron chi connectivity index (χ1n) is 4.27. The molecule has 0 aliphatic carbocycles. The molecule has 66 valence electrons. The summed E-state index contributed by atoms with van der Waals surface area (Å²) in [5.74, 6) is 0. The van der Waals surface area contributed by atoms with Crippen LogP contribution >= 0.6 is 0 Å². The molecule has 1 heterocycles. The van der Waals surface area contributed by atoms with Crippen LogP contribution in [-0.2, 0) is 0 Å². The molecule has 0 aromatic heterocycles. The maximum atomic E-state index is 9.10. The van der Waals surface area contributed by atoms with Crippen LogP contribution in [0, 0.1) is 0 Å². The summed E-state index contributed by atoms with van der Waals surface area (Å²) in [5, 5.41) is 18.0. The fraction of sp³-hybridized carbons (Fsp3) is 1.00. The van der Waals surface area contributed by atoms with E-state index < -0.39 is 0 Å². The first kappa shape index (κ1) is 8.97. The van der Waals surface area contributed by atoms with Crippen LogP contribution in [0.15, 0.2) is 0 Å². The molecule has 1 aliphatic heterocycles. The lowest BCUT2D eigenvalue weighted by Gasteiger charge is -2.23. The Morgan fingerprint density at radius 1 is 1.64 bits per heavy atom. The van der Waals surface area contributed by atoms with Crippen molar-refractivity contribution in [3.8, 4) is 0 Å². The van der Waals surface area contributed by atoms with Crippen molar-refractivity contribution in [2.45, 2.75) is 31.9 Å². The molecule has 0 aromatic carbocycles. The fourth-order valence-corrected chi connectivity index (χ4v) is 1.68. The van der Waals surface area contributed by atoms with E-state index in [1.807, 2.05) is 0 Å². The predicted octanol–water partition coefficient (Wildman–Crippen LogP) is -0.176. The molecule has 1 rings (SSSR count). The van der Waals surface area contributed by atoms with Crippen LogP contribution in [0.2, 0.25) is 0 Å². The zero-order valence-corrected chi connectivity index (χ0v) is 7.03. The van der Waals surface area contributed by atoms with Crippen LogP contribution in [0.5, 0.6) is 0 Å². The summed E-state index contributed by atoms with van der Waals surface area (Å²) in [5.41, 5.74) is 0. The highest BCUT2D eigenvalue weighted by atomic mass is 16.3. The number of rotatable bonds is 3. The Morgan fingerprint density at radius 3 is 2.91 bits per heavy atom. The number of nitrogens with zero attached hydrogens (tertiary/aromatic N) is 1. The summed E-state index contributed by atoms with van der Waals surface area (Å²) in [6.45, 7) is 3.74. The molecule has 2 atom stereocenters. The van der Waals surface area contributed by atoms with Gasteiger partial charge in [0.2, 0.25) is 0 Å². The van der Waals surface area contributed by atoms with Gasteiger partial charge in [-0.05, 0) is 26.3 Å². The molecule has 1 aliphatic rings. The molecule has 3 nitrogen and oxygen atoms in total. The fourth-order valence-electron chi connectivity index (χ4n) is 1.68. The monoisotopic (exact) mass is 159 g/mol. The zero-order valence-electron chi connectivity index (χ0n) is 7.03. The molecule has 1 fully saturated rings. The lowest BCUT2D eigenvalue weighted by molar-refractivity contribution is 0.0948. The maximum Gasteiger partial charge on any atom is 0.0639 e. The second kappa shape index (κ2) is 4.04. The van der Waals surface area contributed by atoms with Gasteiger partial charge in [-0.25, -0.2) is 0 Å². The molecule has 0 radical (unpaired) electrons. The average Bonchev–Trinajstić information content (AvgIpc) is 2.34. The Kier molecular flexibility index (Phi) is 3.30. The second-order valence-electron chi connectivity index (χ2n) is 3.32. The molecule has 2 N–H and O–H groups in total. The molecular formula is C8H17NO2. The Hall–Kier alpha value is -0.120. The zero-order chi connectivity index (χ0) is 8.27. The molecule has 1 saturated heterocycles. The smallest absolute Gasteiger partial charge is 0.0639 e. The van der Waals surface area contributed by atoms with Gasteiger partial charge in [0, 0.05) is 12.6 Å². The van der Waals surface area contributed by atoms with Gasteiger partial charge in [-0.3, -0.25) is 4.90 Å². The Labute approximate surface area is 67.6 Å². The molecule has 0 bridgehead atoms. The third kappa shape index (κ3) is 2.43. The van der Waals surface area contributed by atoms with E-state index >= 15 is 0 Å². The lowest BCUT2D eigenvalue weighted by atomic mass is 10.2. The van der Waals surface area contributed by atoms with E-state index in [1.165, 1.54) is 0 Å². The SMILES string of the molecule is C[C@@H](O)CN1CCCC1CO. The van der Waals surface area contributed by atoms with Gasteiger partial charge in [0.05, 0.1) is 12.7 Å². The summed E-state index contributed by atoms with van der Waals surface area (Å²) in [7, 11) is 0. The van der Waals surface area contributed by atoms with Gasteiger partial charge in [0.25, 0.3) is 0 Å². The number of hydrogen-bond acceptors (Lipinski definition) is 3. The van der Waals surface area contributed by atoms with Crippen LogP contribution in [0.4, 0.5) is 0 Å². The van der Waals surface area contributed by atoms with Crippen LogP contribution in [0.3, 0.4) is 0 Å². The van der Waals surface area contributed by atoms with Crippen LogP contribution < -0.4 is 0 Å². The van der Waals surface area contributed by atoms with Crippen LogP contribution in [0.25, 0.3) is 0 Å². The van der Waals surface area contributed by atoms with E-state index in [0.717, 1.165) is 19.4 Å². The van der Waals surface area contributed by atoms with E-state index in [0.29, 0.717) is 12.6 Å². The molecule has 0 aromatic rings. The number of aliphatic hydroxyl groups excluding tert-OH is 2. The maximum absolute atomic E-state index is 9.10. The molecule has 11 heavy (non-hydrogen) atoms. The standard InChI is InChI=1S/C8H17NO2/c1-7(11)5-9-4-2-3-8(9)6-10/h7-8,10-11H,2-6H2,1H3/t7-,8?/m1/s1. The molecular weight excluding hydrogens is 142 g/mol. The Balaban J connectivity index is 2.31. The third-order valence-corrected chi connectivity index (χ3v) is 2.21. The molecule has 3 heteroatoms. The second-order valence-corrected chi connectivity index (χ2v) is 3.32. The quantitative estimate of drug-likeness (QED) is 0.600. The van der Waals surface area contributed by atoms with Gasteiger partial charge in [-0.15, -0.1) is 0 Å². The summed E-state index contributed by atoms with van der Waals surface area (Å²) >= 11 is 0. The lowest BCUT2D eigenvalue weighted by Crippen LogP contribution is -2.37. The topological polar surface area (TPSA) is 43.7 Å². The number of hydrogen-bond donors (Lipinski definition) is 2. The van der Waals surface area contributed by atoms with Crippen molar-refractivity contribution in [2.75, 3.05) is 19.7 Å². The molecule has 0 amide bonds. The van der Waals surface area contributed by atoms with Gasteiger partial charge in [-0.1, -0.05) is 0 Å². The van der Waals surface area contributed by atoms with Gasteiger partial charge in [0.1, 0.15) is 0 Å². The van der Waals surface area contributed by atoms with Crippen molar-refractivity contribution in [2.24, 2.45) is 0 Å². The summed E-state index contributed by atoms with van der Waals surface area (Å²) < 4.78 is 0. The van der Waals surface area contributed by atoms with E-state index in [-0.39, 0.29) is 12.7 Å².